The minimum absolute atomic E-state index is 0.0560. The molecule has 21 heavy (non-hydrogen) atoms. The highest BCUT2D eigenvalue weighted by atomic mass is 16.5. The lowest BCUT2D eigenvalue weighted by Crippen LogP contribution is -2.51. The maximum absolute atomic E-state index is 12.3. The Kier molecular flexibility index (Phi) is 7.72. The van der Waals surface area contributed by atoms with E-state index in [1.807, 2.05) is 20.8 Å². The van der Waals surface area contributed by atoms with Crippen LogP contribution in [0.25, 0.3) is 0 Å². The molecule has 3 atom stereocenters. The van der Waals surface area contributed by atoms with Crippen LogP contribution >= 0.6 is 0 Å². The molecule has 1 saturated heterocycles. The highest BCUT2D eigenvalue weighted by Gasteiger charge is 2.31. The van der Waals surface area contributed by atoms with E-state index >= 15 is 0 Å². The maximum Gasteiger partial charge on any atom is 0.310 e. The predicted molar refractivity (Wildman–Crippen MR) is 82.9 cm³/mol. The third kappa shape index (κ3) is 5.65. The van der Waals surface area contributed by atoms with Gasteiger partial charge in [-0.05, 0) is 46.6 Å². The zero-order chi connectivity index (χ0) is 15.8. The SMILES string of the molecule is CCCC(C)NC(=O)C(C)N1CCCC(C(=O)OCC)C1. The van der Waals surface area contributed by atoms with Gasteiger partial charge in [-0.2, -0.15) is 0 Å². The second kappa shape index (κ2) is 9.03. The number of carbonyl (C=O) groups excluding carboxylic acids is 2. The summed E-state index contributed by atoms with van der Waals surface area (Å²) in [5, 5.41) is 3.05. The van der Waals surface area contributed by atoms with Crippen molar-refractivity contribution in [3.8, 4) is 0 Å². The third-order valence-corrected chi connectivity index (χ3v) is 4.11. The smallest absolute Gasteiger partial charge is 0.310 e. The first-order valence-corrected chi connectivity index (χ1v) is 8.20. The van der Waals surface area contributed by atoms with Crippen LogP contribution in [-0.2, 0) is 14.3 Å². The highest BCUT2D eigenvalue weighted by Crippen LogP contribution is 2.20. The predicted octanol–water partition coefficient (Wildman–Crippen LogP) is 1.95. The van der Waals surface area contributed by atoms with E-state index < -0.39 is 0 Å². The standard InChI is InChI=1S/C16H30N2O3/c1-5-8-12(3)17-15(19)13(4)18-10-7-9-14(11-18)16(20)21-6-2/h12-14H,5-11H2,1-4H3,(H,17,19). The molecule has 1 fully saturated rings. The Morgan fingerprint density at radius 3 is 2.67 bits per heavy atom. The van der Waals surface area contributed by atoms with Gasteiger partial charge >= 0.3 is 5.97 Å². The van der Waals surface area contributed by atoms with E-state index in [0.717, 1.165) is 32.2 Å². The molecule has 3 unspecified atom stereocenters. The minimum Gasteiger partial charge on any atom is -0.466 e. The Labute approximate surface area is 128 Å². The number of piperidine rings is 1. The average Bonchev–Trinajstić information content (AvgIpc) is 2.47. The molecular formula is C16H30N2O3. The quantitative estimate of drug-likeness (QED) is 0.730. The Bertz CT molecular complexity index is 346. The van der Waals surface area contributed by atoms with E-state index in [9.17, 15) is 9.59 Å². The van der Waals surface area contributed by atoms with E-state index in [2.05, 4.69) is 17.1 Å². The summed E-state index contributed by atoms with van der Waals surface area (Å²) in [5.74, 6) is -0.170. The Hall–Kier alpha value is -1.10. The van der Waals surface area contributed by atoms with Crippen molar-refractivity contribution in [3.63, 3.8) is 0 Å². The summed E-state index contributed by atoms with van der Waals surface area (Å²) in [4.78, 5) is 26.2. The fourth-order valence-corrected chi connectivity index (χ4v) is 2.85. The van der Waals surface area contributed by atoms with Crippen molar-refractivity contribution in [2.45, 2.75) is 65.5 Å². The molecule has 0 spiro atoms. The van der Waals surface area contributed by atoms with Crippen molar-refractivity contribution in [2.75, 3.05) is 19.7 Å². The molecule has 1 heterocycles. The van der Waals surface area contributed by atoms with Crippen molar-refractivity contribution < 1.29 is 14.3 Å². The summed E-state index contributed by atoms with van der Waals surface area (Å²) in [5.41, 5.74) is 0. The first kappa shape index (κ1) is 18.0. The molecule has 1 aliphatic rings. The van der Waals surface area contributed by atoms with Crippen LogP contribution in [0.3, 0.4) is 0 Å². The molecule has 0 aromatic heterocycles. The zero-order valence-electron chi connectivity index (χ0n) is 13.9. The van der Waals surface area contributed by atoms with Crippen molar-refractivity contribution in [2.24, 2.45) is 5.92 Å². The monoisotopic (exact) mass is 298 g/mol. The van der Waals surface area contributed by atoms with Crippen molar-refractivity contribution in [3.05, 3.63) is 0 Å². The van der Waals surface area contributed by atoms with Crippen LogP contribution in [-0.4, -0.2) is 48.6 Å². The van der Waals surface area contributed by atoms with E-state index in [1.165, 1.54) is 0 Å². The second-order valence-corrected chi connectivity index (χ2v) is 5.96. The molecule has 0 aromatic carbocycles. The van der Waals surface area contributed by atoms with Crippen LogP contribution in [0.15, 0.2) is 0 Å². The number of nitrogens with one attached hydrogen (secondary N) is 1. The number of nitrogens with zero attached hydrogens (tertiary/aromatic N) is 1. The Morgan fingerprint density at radius 1 is 1.33 bits per heavy atom. The van der Waals surface area contributed by atoms with Gasteiger partial charge in [0.15, 0.2) is 0 Å². The molecule has 0 radical (unpaired) electrons. The molecular weight excluding hydrogens is 268 g/mol. The number of ether oxygens (including phenoxy) is 1. The molecule has 0 saturated carbocycles. The van der Waals surface area contributed by atoms with Gasteiger partial charge in [0.25, 0.3) is 0 Å². The molecule has 5 heteroatoms. The van der Waals surface area contributed by atoms with E-state index in [0.29, 0.717) is 13.2 Å². The van der Waals surface area contributed by atoms with Gasteiger partial charge in [-0.15, -0.1) is 0 Å². The molecule has 1 N–H and O–H groups in total. The summed E-state index contributed by atoms with van der Waals surface area (Å²) < 4.78 is 5.10. The lowest BCUT2D eigenvalue weighted by Gasteiger charge is -2.35. The summed E-state index contributed by atoms with van der Waals surface area (Å²) in [7, 11) is 0. The lowest BCUT2D eigenvalue weighted by molar-refractivity contribution is -0.151. The van der Waals surface area contributed by atoms with Gasteiger partial charge in [0.2, 0.25) is 5.91 Å². The van der Waals surface area contributed by atoms with Crippen LogP contribution in [0.2, 0.25) is 0 Å². The third-order valence-electron chi connectivity index (χ3n) is 4.11. The van der Waals surface area contributed by atoms with E-state index in [1.54, 1.807) is 0 Å². The molecule has 5 nitrogen and oxygen atoms in total. The van der Waals surface area contributed by atoms with Crippen LogP contribution in [0, 0.1) is 5.92 Å². The van der Waals surface area contributed by atoms with Crippen LogP contribution < -0.4 is 5.32 Å². The topological polar surface area (TPSA) is 58.6 Å². The van der Waals surface area contributed by atoms with Gasteiger partial charge in [0.05, 0.1) is 18.6 Å². The van der Waals surface area contributed by atoms with Crippen LogP contribution in [0.4, 0.5) is 0 Å². The van der Waals surface area contributed by atoms with Crippen molar-refractivity contribution >= 4 is 11.9 Å². The maximum atomic E-state index is 12.3. The van der Waals surface area contributed by atoms with E-state index in [4.69, 9.17) is 4.74 Å². The highest BCUT2D eigenvalue weighted by molar-refractivity contribution is 5.81. The molecule has 1 amide bonds. The molecule has 122 valence electrons. The van der Waals surface area contributed by atoms with Crippen molar-refractivity contribution in [1.82, 2.24) is 10.2 Å². The van der Waals surface area contributed by atoms with Crippen molar-refractivity contribution in [1.29, 1.82) is 0 Å². The zero-order valence-corrected chi connectivity index (χ0v) is 13.9. The summed E-state index contributed by atoms with van der Waals surface area (Å²) in [6.07, 6.45) is 3.84. The number of hydrogen-bond acceptors (Lipinski definition) is 4. The van der Waals surface area contributed by atoms with E-state index in [-0.39, 0.29) is 29.9 Å². The summed E-state index contributed by atoms with van der Waals surface area (Å²) in [6, 6.07) is 0.0112. The number of likely N-dealkylation sites (tertiary alicyclic amines) is 1. The summed E-state index contributed by atoms with van der Waals surface area (Å²) >= 11 is 0. The normalized spacial score (nSPS) is 22.4. The largest absolute Gasteiger partial charge is 0.466 e. The molecule has 0 aromatic rings. The molecule has 0 bridgehead atoms. The summed E-state index contributed by atoms with van der Waals surface area (Å²) in [6.45, 7) is 9.79. The lowest BCUT2D eigenvalue weighted by atomic mass is 9.97. The Balaban J connectivity index is 2.51. The fourth-order valence-electron chi connectivity index (χ4n) is 2.85. The Morgan fingerprint density at radius 2 is 2.05 bits per heavy atom. The first-order chi connectivity index (χ1) is 9.99. The van der Waals surface area contributed by atoms with Gasteiger partial charge < -0.3 is 10.1 Å². The van der Waals surface area contributed by atoms with Gasteiger partial charge in [-0.25, -0.2) is 0 Å². The van der Waals surface area contributed by atoms with Gasteiger partial charge in [0, 0.05) is 12.6 Å². The number of hydrogen-bond donors (Lipinski definition) is 1. The van der Waals surface area contributed by atoms with Crippen LogP contribution in [0.1, 0.15) is 53.4 Å². The number of amides is 1. The first-order valence-electron chi connectivity index (χ1n) is 8.20. The second-order valence-electron chi connectivity index (χ2n) is 5.96. The number of esters is 1. The van der Waals surface area contributed by atoms with Gasteiger partial charge in [0.1, 0.15) is 0 Å². The molecule has 0 aliphatic carbocycles. The minimum atomic E-state index is -0.193. The average molecular weight is 298 g/mol. The number of carbonyl (C=O) groups is 2. The number of rotatable bonds is 7. The molecule has 1 aliphatic heterocycles. The van der Waals surface area contributed by atoms with Gasteiger partial charge in [-0.1, -0.05) is 13.3 Å². The van der Waals surface area contributed by atoms with Gasteiger partial charge in [-0.3, -0.25) is 14.5 Å². The van der Waals surface area contributed by atoms with Crippen LogP contribution in [0.5, 0.6) is 0 Å². The molecule has 1 rings (SSSR count). The fraction of sp³-hybridized carbons (Fsp3) is 0.875.